The number of nitrogen functional groups attached to an aromatic ring is 1. The van der Waals surface area contributed by atoms with Crippen molar-refractivity contribution in [1.29, 1.82) is 0 Å². The van der Waals surface area contributed by atoms with Gasteiger partial charge in [-0.05, 0) is 13.1 Å². The van der Waals surface area contributed by atoms with Crippen LogP contribution in [0.15, 0.2) is 22.7 Å². The van der Waals surface area contributed by atoms with Crippen LogP contribution in [0, 0.1) is 0 Å². The summed E-state index contributed by atoms with van der Waals surface area (Å²) in [5.41, 5.74) is 5.86. The van der Waals surface area contributed by atoms with Gasteiger partial charge >= 0.3 is 6.18 Å². The van der Waals surface area contributed by atoms with E-state index in [2.05, 4.69) is 15.5 Å². The van der Waals surface area contributed by atoms with Crippen LogP contribution in [0.25, 0.3) is 20.8 Å². The lowest BCUT2D eigenvalue weighted by Crippen LogP contribution is -2.20. The number of aliphatic hydroxyl groups excluding tert-OH is 1. The standard InChI is InChI=1S/C14H13F3N4O2S/c1-19-5-8-20-13(21-23-8)11-9(12(22)14(15,16)17)6-3-2-4-7(18)10(6)24-11/h2-4,12,19,22H,5,18H2,1H3. The number of thiophene rings is 1. The molecule has 0 aliphatic heterocycles. The van der Waals surface area contributed by atoms with Gasteiger partial charge in [0.05, 0.1) is 16.1 Å². The van der Waals surface area contributed by atoms with Crippen LogP contribution in [0.4, 0.5) is 18.9 Å². The highest BCUT2D eigenvalue weighted by Crippen LogP contribution is 2.47. The molecule has 0 bridgehead atoms. The van der Waals surface area contributed by atoms with Gasteiger partial charge in [0, 0.05) is 16.6 Å². The number of aliphatic hydroxyl groups is 1. The molecule has 0 spiro atoms. The van der Waals surface area contributed by atoms with Crippen molar-refractivity contribution < 1.29 is 22.8 Å². The zero-order chi connectivity index (χ0) is 17.5. The molecular weight excluding hydrogens is 345 g/mol. The third-order valence-electron chi connectivity index (χ3n) is 3.37. The lowest BCUT2D eigenvalue weighted by Gasteiger charge is -2.15. The van der Waals surface area contributed by atoms with E-state index in [1.54, 1.807) is 13.1 Å². The zero-order valence-corrected chi connectivity index (χ0v) is 13.2. The predicted molar refractivity (Wildman–Crippen MR) is 83.3 cm³/mol. The van der Waals surface area contributed by atoms with Gasteiger partial charge in [-0.2, -0.15) is 18.2 Å². The Morgan fingerprint density at radius 2 is 2.17 bits per heavy atom. The highest BCUT2D eigenvalue weighted by atomic mass is 32.1. The molecule has 0 aliphatic rings. The smallest absolute Gasteiger partial charge is 0.398 e. The van der Waals surface area contributed by atoms with Crippen molar-refractivity contribution in [2.24, 2.45) is 0 Å². The topological polar surface area (TPSA) is 97.2 Å². The van der Waals surface area contributed by atoms with Crippen LogP contribution in [0.5, 0.6) is 0 Å². The van der Waals surface area contributed by atoms with Gasteiger partial charge in [0.2, 0.25) is 11.7 Å². The maximum Gasteiger partial charge on any atom is 0.418 e. The third-order valence-corrected chi connectivity index (χ3v) is 4.63. The largest absolute Gasteiger partial charge is 0.418 e. The number of rotatable bonds is 4. The van der Waals surface area contributed by atoms with Gasteiger partial charge in [0.15, 0.2) is 6.10 Å². The fourth-order valence-corrected chi connectivity index (χ4v) is 3.52. The molecule has 1 aromatic carbocycles. The molecule has 6 nitrogen and oxygen atoms in total. The van der Waals surface area contributed by atoms with E-state index in [-0.39, 0.29) is 34.1 Å². The van der Waals surface area contributed by atoms with Crippen molar-refractivity contribution in [3.63, 3.8) is 0 Å². The van der Waals surface area contributed by atoms with Crippen molar-refractivity contribution in [1.82, 2.24) is 15.5 Å². The monoisotopic (exact) mass is 358 g/mol. The van der Waals surface area contributed by atoms with E-state index in [0.29, 0.717) is 10.4 Å². The number of nitrogens with one attached hydrogen (secondary N) is 1. The first-order chi connectivity index (χ1) is 11.3. The molecule has 1 atom stereocenters. The molecule has 1 unspecified atom stereocenters. The first-order valence-electron chi connectivity index (χ1n) is 6.86. The van der Waals surface area contributed by atoms with Crippen LogP contribution in [0.2, 0.25) is 0 Å². The second kappa shape index (κ2) is 6.04. The predicted octanol–water partition coefficient (Wildman–Crippen LogP) is 2.85. The van der Waals surface area contributed by atoms with Crippen LogP contribution in [-0.2, 0) is 6.54 Å². The molecule has 2 aromatic heterocycles. The number of halogens is 3. The van der Waals surface area contributed by atoms with Gasteiger partial charge in [-0.3, -0.25) is 0 Å². The molecule has 0 saturated heterocycles. The average molecular weight is 358 g/mol. The molecule has 3 aromatic rings. The Kier molecular flexibility index (Phi) is 4.20. The first kappa shape index (κ1) is 16.7. The Bertz CT molecular complexity index is 875. The number of nitrogens with zero attached hydrogens (tertiary/aromatic N) is 2. The minimum absolute atomic E-state index is 0.0147. The highest BCUT2D eigenvalue weighted by Gasteiger charge is 2.43. The number of hydrogen-bond acceptors (Lipinski definition) is 7. The molecule has 10 heteroatoms. The Hall–Kier alpha value is -2.17. The summed E-state index contributed by atoms with van der Waals surface area (Å²) < 4.78 is 44.8. The molecule has 24 heavy (non-hydrogen) atoms. The minimum Gasteiger partial charge on any atom is -0.398 e. The van der Waals surface area contributed by atoms with Crippen molar-refractivity contribution in [2.75, 3.05) is 12.8 Å². The second-order valence-electron chi connectivity index (χ2n) is 5.05. The van der Waals surface area contributed by atoms with Gasteiger partial charge in [0.25, 0.3) is 0 Å². The molecule has 0 fully saturated rings. The van der Waals surface area contributed by atoms with Crippen molar-refractivity contribution >= 4 is 27.1 Å². The van der Waals surface area contributed by atoms with Gasteiger partial charge in [-0.25, -0.2) is 0 Å². The first-order valence-corrected chi connectivity index (χ1v) is 7.67. The lowest BCUT2D eigenvalue weighted by molar-refractivity contribution is -0.206. The number of anilines is 1. The van der Waals surface area contributed by atoms with E-state index in [1.807, 2.05) is 0 Å². The molecule has 4 N–H and O–H groups in total. The summed E-state index contributed by atoms with van der Waals surface area (Å²) in [6, 6.07) is 4.59. The van der Waals surface area contributed by atoms with Crippen molar-refractivity contribution in [3.05, 3.63) is 29.7 Å². The van der Waals surface area contributed by atoms with E-state index in [4.69, 9.17) is 10.3 Å². The van der Waals surface area contributed by atoms with Gasteiger partial charge in [0.1, 0.15) is 0 Å². The van der Waals surface area contributed by atoms with Crippen LogP contribution in [-0.4, -0.2) is 28.5 Å². The second-order valence-corrected chi connectivity index (χ2v) is 6.08. The Morgan fingerprint density at radius 3 is 2.83 bits per heavy atom. The summed E-state index contributed by atoms with van der Waals surface area (Å²) in [5, 5.41) is 16.6. The summed E-state index contributed by atoms with van der Waals surface area (Å²) in [5.74, 6) is 0.213. The summed E-state index contributed by atoms with van der Waals surface area (Å²) in [7, 11) is 1.67. The zero-order valence-electron chi connectivity index (χ0n) is 12.4. The van der Waals surface area contributed by atoms with Gasteiger partial charge < -0.3 is 20.7 Å². The fraction of sp³-hybridized carbons (Fsp3) is 0.286. The highest BCUT2D eigenvalue weighted by molar-refractivity contribution is 7.23. The minimum atomic E-state index is -4.83. The van der Waals surface area contributed by atoms with Crippen LogP contribution >= 0.6 is 11.3 Å². The van der Waals surface area contributed by atoms with Gasteiger partial charge in [-0.1, -0.05) is 17.3 Å². The average Bonchev–Trinajstić information content (AvgIpc) is 3.10. The Labute approximate surface area is 138 Å². The van der Waals surface area contributed by atoms with E-state index in [1.165, 1.54) is 12.1 Å². The maximum absolute atomic E-state index is 13.1. The summed E-state index contributed by atoms with van der Waals surface area (Å²) in [6.07, 6.45) is -7.50. The van der Waals surface area contributed by atoms with Crippen LogP contribution < -0.4 is 11.1 Å². The van der Waals surface area contributed by atoms with Crippen LogP contribution in [0.3, 0.4) is 0 Å². The number of hydrogen-bond donors (Lipinski definition) is 3. The third kappa shape index (κ3) is 2.83. The number of alkyl halides is 3. The molecule has 0 radical (unpaired) electrons. The maximum atomic E-state index is 13.1. The molecule has 0 aliphatic carbocycles. The van der Waals surface area contributed by atoms with Gasteiger partial charge in [-0.15, -0.1) is 11.3 Å². The summed E-state index contributed by atoms with van der Waals surface area (Å²) >= 11 is 0.989. The number of benzene rings is 1. The van der Waals surface area contributed by atoms with E-state index < -0.39 is 12.3 Å². The fourth-order valence-electron chi connectivity index (χ4n) is 2.33. The molecule has 128 valence electrons. The molecule has 3 rings (SSSR count). The number of aromatic nitrogens is 2. The van der Waals surface area contributed by atoms with Crippen LogP contribution in [0.1, 0.15) is 17.6 Å². The van der Waals surface area contributed by atoms with Crippen molar-refractivity contribution in [3.8, 4) is 10.7 Å². The SMILES string of the molecule is CNCc1nc(-c2sc3c(N)cccc3c2C(O)C(F)(F)F)no1. The normalized spacial score (nSPS) is 13.5. The lowest BCUT2D eigenvalue weighted by atomic mass is 10.0. The molecular formula is C14H13F3N4O2S. The number of nitrogens with two attached hydrogens (primary N) is 1. The van der Waals surface area contributed by atoms with Crippen molar-refractivity contribution in [2.45, 2.75) is 18.8 Å². The van der Waals surface area contributed by atoms with E-state index >= 15 is 0 Å². The quantitative estimate of drug-likeness (QED) is 0.621. The van der Waals surface area contributed by atoms with E-state index in [9.17, 15) is 18.3 Å². The Balaban J connectivity index is 2.24. The summed E-state index contributed by atoms with van der Waals surface area (Å²) in [4.78, 5) is 4.15. The summed E-state index contributed by atoms with van der Waals surface area (Å²) in [6.45, 7) is 0.275. The number of fused-ring (bicyclic) bond motifs is 1. The molecule has 2 heterocycles. The molecule has 0 saturated carbocycles. The van der Waals surface area contributed by atoms with E-state index in [0.717, 1.165) is 11.3 Å². The Morgan fingerprint density at radius 1 is 1.42 bits per heavy atom. The molecule has 0 amide bonds.